The minimum atomic E-state index is -0.649. The minimum absolute atomic E-state index is 0.0708. The van der Waals surface area contributed by atoms with Gasteiger partial charge in [0.05, 0.1) is 5.52 Å². The number of pyridine rings is 1. The van der Waals surface area contributed by atoms with E-state index in [9.17, 15) is 9.59 Å². The predicted molar refractivity (Wildman–Crippen MR) is 139 cm³/mol. The minimum Gasteiger partial charge on any atom is -0.444 e. The lowest BCUT2D eigenvalue weighted by Gasteiger charge is -2.39. The predicted octanol–water partition coefficient (Wildman–Crippen LogP) is 5.89. The van der Waals surface area contributed by atoms with E-state index < -0.39 is 23.9 Å². The van der Waals surface area contributed by atoms with Gasteiger partial charge in [-0.1, -0.05) is 63.2 Å². The summed E-state index contributed by atoms with van der Waals surface area (Å²) in [5.41, 5.74) is 3.06. The molecular weight excluding hydrogens is 438 g/mol. The number of carbonyl (C=O) groups is 2. The van der Waals surface area contributed by atoms with Crippen LogP contribution in [-0.4, -0.2) is 51.6 Å². The Morgan fingerprint density at radius 2 is 1.63 bits per heavy atom. The number of nitrogens with zero attached hydrogens (tertiary/aromatic N) is 3. The normalized spacial score (nSPS) is 18.9. The van der Waals surface area contributed by atoms with Crippen molar-refractivity contribution in [2.24, 2.45) is 5.41 Å². The molecule has 35 heavy (non-hydrogen) atoms. The molecule has 2 aromatic carbocycles. The van der Waals surface area contributed by atoms with E-state index >= 15 is 0 Å². The summed E-state index contributed by atoms with van der Waals surface area (Å²) in [4.78, 5) is 34.5. The van der Waals surface area contributed by atoms with Crippen LogP contribution >= 0.6 is 0 Å². The smallest absolute Gasteiger partial charge is 0.412 e. The number of rotatable bonds is 3. The molecule has 0 saturated carbocycles. The van der Waals surface area contributed by atoms with Gasteiger partial charge < -0.3 is 9.64 Å². The van der Waals surface area contributed by atoms with Gasteiger partial charge in [-0.25, -0.2) is 4.79 Å². The van der Waals surface area contributed by atoms with Crippen LogP contribution in [0.5, 0.6) is 0 Å². The lowest BCUT2D eigenvalue weighted by Crippen LogP contribution is -2.52. The van der Waals surface area contributed by atoms with Crippen LogP contribution in [0, 0.1) is 5.41 Å². The largest absolute Gasteiger partial charge is 0.444 e. The molecule has 6 heteroatoms. The van der Waals surface area contributed by atoms with E-state index in [2.05, 4.69) is 17.1 Å². The molecule has 0 N–H and O–H groups in total. The van der Waals surface area contributed by atoms with Crippen molar-refractivity contribution in [1.29, 1.82) is 0 Å². The summed E-state index contributed by atoms with van der Waals surface area (Å²) in [6, 6.07) is 17.7. The second-order valence-electron chi connectivity index (χ2n) is 11.4. The third kappa shape index (κ3) is 5.16. The van der Waals surface area contributed by atoms with Crippen LogP contribution in [0.1, 0.15) is 47.1 Å². The maximum absolute atomic E-state index is 13.3. The van der Waals surface area contributed by atoms with Crippen LogP contribution < -0.4 is 0 Å². The molecule has 2 heterocycles. The average Bonchev–Trinajstić information content (AvgIpc) is 3.03. The Balaban J connectivity index is 1.61. The highest BCUT2D eigenvalue weighted by atomic mass is 16.6. The molecular formula is C29H35N3O3. The van der Waals surface area contributed by atoms with Gasteiger partial charge in [0.25, 0.3) is 0 Å². The van der Waals surface area contributed by atoms with Gasteiger partial charge in [0.2, 0.25) is 5.91 Å². The first-order chi connectivity index (χ1) is 16.3. The molecule has 1 fully saturated rings. The summed E-state index contributed by atoms with van der Waals surface area (Å²) < 4.78 is 5.72. The third-order valence-corrected chi connectivity index (χ3v) is 6.28. The molecule has 1 aliphatic heterocycles. The summed E-state index contributed by atoms with van der Waals surface area (Å²) in [5, 5.41) is 1.09. The van der Waals surface area contributed by atoms with Crippen molar-refractivity contribution in [1.82, 2.24) is 14.8 Å². The second kappa shape index (κ2) is 8.99. The maximum Gasteiger partial charge on any atom is 0.412 e. The van der Waals surface area contributed by atoms with Crippen LogP contribution in [0.2, 0.25) is 0 Å². The first-order valence-electron chi connectivity index (χ1n) is 12.1. The van der Waals surface area contributed by atoms with E-state index in [1.807, 2.05) is 90.2 Å². The van der Waals surface area contributed by atoms with Gasteiger partial charge in [-0.2, -0.15) is 0 Å². The molecule has 1 saturated heterocycles. The lowest BCUT2D eigenvalue weighted by atomic mass is 9.91. The van der Waals surface area contributed by atoms with Crippen molar-refractivity contribution < 1.29 is 14.3 Å². The van der Waals surface area contributed by atoms with E-state index in [4.69, 9.17) is 4.74 Å². The average molecular weight is 474 g/mol. The van der Waals surface area contributed by atoms with E-state index in [0.717, 1.165) is 27.6 Å². The monoisotopic (exact) mass is 473 g/mol. The van der Waals surface area contributed by atoms with Crippen molar-refractivity contribution in [3.63, 3.8) is 0 Å². The third-order valence-electron chi connectivity index (χ3n) is 6.28. The number of carbonyl (C=O) groups excluding carboxylic acids is 2. The molecule has 0 bridgehead atoms. The van der Waals surface area contributed by atoms with Crippen molar-refractivity contribution in [3.8, 4) is 11.1 Å². The molecule has 2 atom stereocenters. The molecule has 1 aliphatic rings. The van der Waals surface area contributed by atoms with Crippen LogP contribution in [0.25, 0.3) is 22.0 Å². The Hall–Kier alpha value is -3.41. The molecule has 4 rings (SSSR count). The Kier molecular flexibility index (Phi) is 6.34. The quantitative estimate of drug-likeness (QED) is 0.476. The molecule has 2 amide bonds. The second-order valence-corrected chi connectivity index (χ2v) is 11.4. The van der Waals surface area contributed by atoms with Crippen molar-refractivity contribution >= 4 is 22.9 Å². The standard InChI is InChI=1S/C29H35N3O3/c1-28(2,3)26-31(7)25(33)24(32(26)27(34)35-29(4,5)6)16-19-12-14-20(15-13-19)22-17-21-10-8-9-11-23(21)30-18-22/h8-15,17-18,24,26H,16H2,1-7H3/t24-,26-/m0/s1. The van der Waals surface area contributed by atoms with E-state index in [1.165, 1.54) is 0 Å². The Bertz CT molecular complexity index is 1240. The fourth-order valence-corrected chi connectivity index (χ4v) is 4.84. The van der Waals surface area contributed by atoms with Crippen molar-refractivity contribution in [3.05, 3.63) is 66.4 Å². The highest BCUT2D eigenvalue weighted by Crippen LogP contribution is 2.36. The van der Waals surface area contributed by atoms with Crippen LogP contribution in [0.15, 0.2) is 60.8 Å². The SMILES string of the molecule is CN1C(=O)[C@H](Cc2ccc(-c3cnc4ccccc4c3)cc2)N(C(=O)OC(C)(C)C)[C@H]1C(C)(C)C. The topological polar surface area (TPSA) is 62.7 Å². The Morgan fingerprint density at radius 3 is 2.26 bits per heavy atom. The number of likely N-dealkylation sites (N-methyl/N-ethyl adjacent to an activating group) is 1. The van der Waals surface area contributed by atoms with Gasteiger partial charge in [-0.3, -0.25) is 14.7 Å². The summed E-state index contributed by atoms with van der Waals surface area (Å²) >= 11 is 0. The van der Waals surface area contributed by atoms with Gasteiger partial charge >= 0.3 is 6.09 Å². The Labute approximate surface area is 207 Å². The fraction of sp³-hybridized carbons (Fsp3) is 0.414. The van der Waals surface area contributed by atoms with E-state index in [1.54, 1.807) is 16.8 Å². The molecule has 0 radical (unpaired) electrons. The van der Waals surface area contributed by atoms with Gasteiger partial charge in [0, 0.05) is 36.0 Å². The zero-order valence-electron chi connectivity index (χ0n) is 21.7. The molecule has 6 nitrogen and oxygen atoms in total. The summed E-state index contributed by atoms with van der Waals surface area (Å²) in [6.45, 7) is 11.6. The van der Waals surface area contributed by atoms with Gasteiger partial charge in [0.1, 0.15) is 17.8 Å². The number of benzene rings is 2. The van der Waals surface area contributed by atoms with Crippen molar-refractivity contribution in [2.45, 2.75) is 65.8 Å². The molecule has 0 aliphatic carbocycles. The number of para-hydroxylation sites is 1. The molecule has 1 aromatic heterocycles. The van der Waals surface area contributed by atoms with Crippen LogP contribution in [0.3, 0.4) is 0 Å². The Morgan fingerprint density at radius 1 is 0.971 bits per heavy atom. The molecule has 3 aromatic rings. The first kappa shape index (κ1) is 24.7. The zero-order chi connectivity index (χ0) is 25.5. The number of amides is 2. The number of hydrogen-bond donors (Lipinski definition) is 0. The van der Waals surface area contributed by atoms with Crippen LogP contribution in [0.4, 0.5) is 4.79 Å². The summed E-state index contributed by atoms with van der Waals surface area (Å²) in [5.74, 6) is -0.0708. The summed E-state index contributed by atoms with van der Waals surface area (Å²) in [6.07, 6.45) is 1.45. The van der Waals surface area contributed by atoms with Gasteiger partial charge in [-0.05, 0) is 44.0 Å². The van der Waals surface area contributed by atoms with Gasteiger partial charge in [-0.15, -0.1) is 0 Å². The molecule has 0 unspecified atom stereocenters. The number of hydrogen-bond acceptors (Lipinski definition) is 4. The fourth-order valence-electron chi connectivity index (χ4n) is 4.84. The molecule has 0 spiro atoms. The summed E-state index contributed by atoms with van der Waals surface area (Å²) in [7, 11) is 1.77. The maximum atomic E-state index is 13.3. The molecule has 184 valence electrons. The number of fused-ring (bicyclic) bond motifs is 1. The highest BCUT2D eigenvalue weighted by Gasteiger charge is 2.52. The first-order valence-corrected chi connectivity index (χ1v) is 12.1. The zero-order valence-corrected chi connectivity index (χ0v) is 21.7. The van der Waals surface area contributed by atoms with E-state index in [0.29, 0.717) is 6.42 Å². The van der Waals surface area contributed by atoms with Gasteiger partial charge in [0.15, 0.2) is 0 Å². The number of ether oxygens (including phenoxy) is 1. The lowest BCUT2D eigenvalue weighted by molar-refractivity contribution is -0.129. The van der Waals surface area contributed by atoms with Crippen LogP contribution in [-0.2, 0) is 16.0 Å². The highest BCUT2D eigenvalue weighted by molar-refractivity contribution is 5.90. The number of aromatic nitrogens is 1. The van der Waals surface area contributed by atoms with E-state index in [-0.39, 0.29) is 11.3 Å². The van der Waals surface area contributed by atoms with Crippen molar-refractivity contribution in [2.75, 3.05) is 7.05 Å².